The van der Waals surface area contributed by atoms with E-state index in [0.29, 0.717) is 19.0 Å². The van der Waals surface area contributed by atoms with Crippen molar-refractivity contribution in [2.45, 2.75) is 56.5 Å². The Bertz CT molecular complexity index is 1010. The van der Waals surface area contributed by atoms with Crippen LogP contribution in [0.5, 0.6) is 5.75 Å². The molecule has 6 nitrogen and oxygen atoms in total. The summed E-state index contributed by atoms with van der Waals surface area (Å²) in [4.78, 5) is 20.5. The fourth-order valence-corrected chi connectivity index (χ4v) is 5.32. The van der Waals surface area contributed by atoms with Gasteiger partial charge in [-0.25, -0.2) is 0 Å². The quantitative estimate of drug-likeness (QED) is 0.748. The van der Waals surface area contributed by atoms with Gasteiger partial charge in [0.25, 0.3) is 0 Å². The number of carbonyl (C=O) groups is 1. The minimum absolute atomic E-state index is 0.134. The number of piperidine rings is 1. The molecule has 2 aliphatic heterocycles. The summed E-state index contributed by atoms with van der Waals surface area (Å²) in [5.74, 6) is 1.90. The molecule has 0 radical (unpaired) electrons. The molecule has 3 aliphatic rings. The molecule has 0 bridgehead atoms. The van der Waals surface area contributed by atoms with Gasteiger partial charge in [0.05, 0.1) is 37.5 Å². The van der Waals surface area contributed by atoms with E-state index in [1.54, 1.807) is 7.11 Å². The molecule has 5 rings (SSSR count). The highest BCUT2D eigenvalue weighted by atomic mass is 16.5. The number of amides is 1. The Hall–Kier alpha value is -3.02. The monoisotopic (exact) mass is 432 g/mol. The highest BCUT2D eigenvalue weighted by Gasteiger charge is 2.45. The Kier molecular flexibility index (Phi) is 5.77. The van der Waals surface area contributed by atoms with Gasteiger partial charge in [0, 0.05) is 12.1 Å². The SMILES string of the molecule is COc1ccccc1CC(=O)N1CCC[C@]2(C1)Nc1ccccc1NC2=NC1CCCC1. The predicted octanol–water partition coefficient (Wildman–Crippen LogP) is 4.48. The number of fused-ring (bicyclic) bond motifs is 1. The van der Waals surface area contributed by atoms with E-state index in [9.17, 15) is 4.79 Å². The first-order chi connectivity index (χ1) is 15.7. The normalized spacial score (nSPS) is 24.2. The second-order valence-corrected chi connectivity index (χ2v) is 9.20. The van der Waals surface area contributed by atoms with Gasteiger partial charge in [-0.05, 0) is 43.9 Å². The number of ether oxygens (including phenoxy) is 1. The Balaban J connectivity index is 1.42. The second kappa shape index (κ2) is 8.85. The highest BCUT2D eigenvalue weighted by molar-refractivity contribution is 6.10. The highest BCUT2D eigenvalue weighted by Crippen LogP contribution is 2.37. The van der Waals surface area contributed by atoms with Crippen LogP contribution in [-0.4, -0.2) is 48.4 Å². The van der Waals surface area contributed by atoms with Crippen molar-refractivity contribution in [3.63, 3.8) is 0 Å². The van der Waals surface area contributed by atoms with Crippen molar-refractivity contribution in [2.24, 2.45) is 4.99 Å². The van der Waals surface area contributed by atoms with Crippen LogP contribution in [0, 0.1) is 0 Å². The topological polar surface area (TPSA) is 66.0 Å². The van der Waals surface area contributed by atoms with Crippen LogP contribution in [0.4, 0.5) is 11.4 Å². The molecule has 1 atom stereocenters. The third kappa shape index (κ3) is 4.06. The van der Waals surface area contributed by atoms with E-state index in [0.717, 1.165) is 60.8 Å². The summed E-state index contributed by atoms with van der Waals surface area (Å²) in [6.07, 6.45) is 7.05. The maximum atomic E-state index is 13.3. The van der Waals surface area contributed by atoms with Gasteiger partial charge in [-0.2, -0.15) is 0 Å². The van der Waals surface area contributed by atoms with Crippen molar-refractivity contribution in [1.82, 2.24) is 4.90 Å². The van der Waals surface area contributed by atoms with Crippen LogP contribution in [0.15, 0.2) is 53.5 Å². The Morgan fingerprint density at radius 1 is 1.09 bits per heavy atom. The van der Waals surface area contributed by atoms with Crippen molar-refractivity contribution in [3.8, 4) is 5.75 Å². The van der Waals surface area contributed by atoms with E-state index in [-0.39, 0.29) is 11.4 Å². The van der Waals surface area contributed by atoms with Gasteiger partial charge >= 0.3 is 0 Å². The summed E-state index contributed by atoms with van der Waals surface area (Å²) in [5, 5.41) is 7.44. The maximum Gasteiger partial charge on any atom is 0.227 e. The Morgan fingerprint density at radius 2 is 1.84 bits per heavy atom. The van der Waals surface area contributed by atoms with Gasteiger partial charge in [0.2, 0.25) is 5.91 Å². The van der Waals surface area contributed by atoms with E-state index in [2.05, 4.69) is 22.8 Å². The van der Waals surface area contributed by atoms with E-state index in [1.165, 1.54) is 12.8 Å². The molecule has 2 fully saturated rings. The lowest BCUT2D eigenvalue weighted by atomic mass is 9.84. The first kappa shape index (κ1) is 20.9. The summed E-state index contributed by atoms with van der Waals surface area (Å²) in [5.41, 5.74) is 2.70. The number of anilines is 2. The molecule has 2 aromatic carbocycles. The number of para-hydroxylation sites is 3. The molecular weight excluding hydrogens is 400 g/mol. The van der Waals surface area contributed by atoms with Crippen molar-refractivity contribution >= 4 is 23.1 Å². The number of nitrogens with one attached hydrogen (secondary N) is 2. The number of carbonyl (C=O) groups excluding carboxylic acids is 1. The zero-order chi connectivity index (χ0) is 22.0. The molecule has 0 aromatic heterocycles. The molecule has 2 aromatic rings. The van der Waals surface area contributed by atoms with Crippen LogP contribution >= 0.6 is 0 Å². The van der Waals surface area contributed by atoms with Crippen LogP contribution in [0.1, 0.15) is 44.1 Å². The number of likely N-dealkylation sites (tertiary alicyclic amines) is 1. The molecular formula is C26H32N4O2. The third-order valence-electron chi connectivity index (χ3n) is 7.02. The number of nitrogens with zero attached hydrogens (tertiary/aromatic N) is 2. The summed E-state index contributed by atoms with van der Waals surface area (Å²) in [7, 11) is 1.65. The standard InChI is InChI=1S/C26H32N4O2/c1-32-23-14-7-2-9-19(23)17-24(31)30-16-8-15-26(18-30)25(27-20-10-3-4-11-20)28-21-12-5-6-13-22(21)29-26/h2,5-7,9,12-14,20,29H,3-4,8,10-11,15-18H2,1H3,(H,27,28)/t26-/m1/s1. The fraction of sp³-hybridized carbons (Fsp3) is 0.462. The van der Waals surface area contributed by atoms with Gasteiger partial charge in [0.15, 0.2) is 0 Å². The zero-order valence-corrected chi connectivity index (χ0v) is 18.8. The second-order valence-electron chi connectivity index (χ2n) is 9.20. The average Bonchev–Trinajstić information content (AvgIpc) is 3.33. The Morgan fingerprint density at radius 3 is 2.66 bits per heavy atom. The molecule has 2 N–H and O–H groups in total. The molecule has 1 amide bonds. The molecule has 32 heavy (non-hydrogen) atoms. The average molecular weight is 433 g/mol. The zero-order valence-electron chi connectivity index (χ0n) is 18.8. The van der Waals surface area contributed by atoms with Crippen molar-refractivity contribution in [1.29, 1.82) is 0 Å². The van der Waals surface area contributed by atoms with Crippen LogP contribution in [0.25, 0.3) is 0 Å². The number of methoxy groups -OCH3 is 1. The minimum Gasteiger partial charge on any atom is -0.496 e. The van der Waals surface area contributed by atoms with E-state index < -0.39 is 0 Å². The first-order valence-corrected chi connectivity index (χ1v) is 11.8. The number of benzene rings is 2. The van der Waals surface area contributed by atoms with Crippen molar-refractivity contribution in [2.75, 3.05) is 30.8 Å². The molecule has 2 heterocycles. The predicted molar refractivity (Wildman–Crippen MR) is 129 cm³/mol. The molecule has 1 aliphatic carbocycles. The van der Waals surface area contributed by atoms with Crippen LogP contribution in [-0.2, 0) is 11.2 Å². The largest absolute Gasteiger partial charge is 0.496 e. The van der Waals surface area contributed by atoms with Gasteiger partial charge in [-0.3, -0.25) is 9.79 Å². The van der Waals surface area contributed by atoms with E-state index >= 15 is 0 Å². The fourth-order valence-electron chi connectivity index (χ4n) is 5.32. The Labute approximate surface area is 190 Å². The minimum atomic E-state index is -0.369. The summed E-state index contributed by atoms with van der Waals surface area (Å²) in [6, 6.07) is 16.4. The molecule has 0 unspecified atom stereocenters. The lowest BCUT2D eigenvalue weighted by molar-refractivity contribution is -0.131. The molecule has 1 saturated carbocycles. The maximum absolute atomic E-state index is 13.3. The van der Waals surface area contributed by atoms with Crippen molar-refractivity contribution in [3.05, 3.63) is 54.1 Å². The number of amidine groups is 1. The van der Waals surface area contributed by atoms with E-state index in [4.69, 9.17) is 9.73 Å². The number of hydrogen-bond donors (Lipinski definition) is 2. The summed E-state index contributed by atoms with van der Waals surface area (Å²) in [6.45, 7) is 1.39. The lowest BCUT2D eigenvalue weighted by Gasteiger charge is -2.47. The van der Waals surface area contributed by atoms with Gasteiger partial charge < -0.3 is 20.3 Å². The molecule has 168 valence electrons. The van der Waals surface area contributed by atoms with Crippen LogP contribution < -0.4 is 15.4 Å². The molecule has 1 saturated heterocycles. The van der Waals surface area contributed by atoms with Crippen LogP contribution in [0.3, 0.4) is 0 Å². The van der Waals surface area contributed by atoms with Crippen molar-refractivity contribution < 1.29 is 9.53 Å². The lowest BCUT2D eigenvalue weighted by Crippen LogP contribution is -2.62. The summed E-state index contributed by atoms with van der Waals surface area (Å²) < 4.78 is 5.46. The molecule has 6 heteroatoms. The third-order valence-corrected chi connectivity index (χ3v) is 7.02. The number of rotatable bonds is 4. The number of hydrogen-bond acceptors (Lipinski definition) is 4. The first-order valence-electron chi connectivity index (χ1n) is 11.8. The van der Waals surface area contributed by atoms with Crippen LogP contribution in [0.2, 0.25) is 0 Å². The van der Waals surface area contributed by atoms with Gasteiger partial charge in [-0.15, -0.1) is 0 Å². The van der Waals surface area contributed by atoms with E-state index in [1.807, 2.05) is 41.3 Å². The smallest absolute Gasteiger partial charge is 0.227 e. The van der Waals surface area contributed by atoms with Gasteiger partial charge in [-0.1, -0.05) is 43.2 Å². The van der Waals surface area contributed by atoms with Gasteiger partial charge in [0.1, 0.15) is 17.1 Å². The molecule has 1 spiro atoms. The summed E-state index contributed by atoms with van der Waals surface area (Å²) >= 11 is 0. The number of aliphatic imine (C=N–C) groups is 1.